The number of aliphatic hydroxyl groups is 2. The number of hydrogen-bond donors (Lipinski definition) is 2. The van der Waals surface area contributed by atoms with Gasteiger partial charge < -0.3 is 19.8 Å². The van der Waals surface area contributed by atoms with Crippen LogP contribution in [0.25, 0.3) is 0 Å². The first kappa shape index (κ1) is 17.7. The predicted octanol–water partition coefficient (Wildman–Crippen LogP) is 2.75. The zero-order valence-electron chi connectivity index (χ0n) is 13.8. The quantitative estimate of drug-likeness (QED) is 0.896. The van der Waals surface area contributed by atoms with Crippen LogP contribution in [0.5, 0.6) is 0 Å². The van der Waals surface area contributed by atoms with Crippen LogP contribution >= 0.6 is 0 Å². The Morgan fingerprint density at radius 2 is 2.17 bits per heavy atom. The highest BCUT2D eigenvalue weighted by Crippen LogP contribution is 2.32. The summed E-state index contributed by atoms with van der Waals surface area (Å²) in [5.41, 5.74) is 0.157. The van der Waals surface area contributed by atoms with Crippen LogP contribution in [0.3, 0.4) is 0 Å². The van der Waals surface area contributed by atoms with Crippen LogP contribution in [0.2, 0.25) is 0 Å². The maximum absolute atomic E-state index is 13.3. The molecule has 0 aromatic heterocycles. The molecule has 1 heterocycles. The standard InChI is InChI=1S/C17H24FNO4/c1-17(2,3)23-16(22)19-8-4-5-14(19)15(21)13-7-6-12(18)9-11(13)10-20/h6-7,9,14-15,20-21H,4-5,8,10H2,1-3H3/t14?,15-/m0/s1. The van der Waals surface area contributed by atoms with Crippen LogP contribution in [-0.2, 0) is 11.3 Å². The summed E-state index contributed by atoms with van der Waals surface area (Å²) in [5, 5.41) is 20.0. The fourth-order valence-electron chi connectivity index (χ4n) is 2.88. The molecule has 2 rings (SSSR count). The summed E-state index contributed by atoms with van der Waals surface area (Å²) < 4.78 is 18.7. The molecule has 1 unspecified atom stereocenters. The van der Waals surface area contributed by atoms with E-state index in [4.69, 9.17) is 4.74 Å². The summed E-state index contributed by atoms with van der Waals surface area (Å²) in [6.07, 6.45) is -0.0706. The number of halogens is 1. The van der Waals surface area contributed by atoms with E-state index in [1.165, 1.54) is 23.1 Å². The summed E-state index contributed by atoms with van der Waals surface area (Å²) in [5.74, 6) is -0.472. The Hall–Kier alpha value is -1.66. The van der Waals surface area contributed by atoms with Crippen molar-refractivity contribution in [3.05, 3.63) is 35.1 Å². The Morgan fingerprint density at radius 1 is 1.48 bits per heavy atom. The van der Waals surface area contributed by atoms with Gasteiger partial charge in [-0.05, 0) is 56.9 Å². The van der Waals surface area contributed by atoms with Gasteiger partial charge in [-0.1, -0.05) is 6.07 Å². The van der Waals surface area contributed by atoms with Gasteiger partial charge in [0.25, 0.3) is 0 Å². The maximum atomic E-state index is 13.3. The zero-order chi connectivity index (χ0) is 17.2. The number of likely N-dealkylation sites (tertiary alicyclic amines) is 1. The van der Waals surface area contributed by atoms with Crippen molar-refractivity contribution in [1.29, 1.82) is 0 Å². The molecule has 0 bridgehead atoms. The smallest absolute Gasteiger partial charge is 0.410 e. The van der Waals surface area contributed by atoms with Crippen LogP contribution in [-0.4, -0.2) is 39.4 Å². The van der Waals surface area contributed by atoms with Gasteiger partial charge in [-0.3, -0.25) is 0 Å². The molecule has 0 spiro atoms. The highest BCUT2D eigenvalue weighted by molar-refractivity contribution is 5.69. The van der Waals surface area contributed by atoms with Gasteiger partial charge in [0.05, 0.1) is 18.8 Å². The summed E-state index contributed by atoms with van der Waals surface area (Å²) in [6, 6.07) is 3.45. The van der Waals surface area contributed by atoms with Crippen molar-refractivity contribution in [1.82, 2.24) is 4.90 Å². The molecule has 1 saturated heterocycles. The van der Waals surface area contributed by atoms with E-state index in [2.05, 4.69) is 0 Å². The molecule has 5 nitrogen and oxygen atoms in total. The average molecular weight is 325 g/mol. The third-order valence-electron chi connectivity index (χ3n) is 3.89. The van der Waals surface area contributed by atoms with Crippen molar-refractivity contribution < 1.29 is 24.1 Å². The number of carbonyl (C=O) groups excluding carboxylic acids is 1. The summed E-state index contributed by atoms with van der Waals surface area (Å²) in [7, 11) is 0. The maximum Gasteiger partial charge on any atom is 0.410 e. The largest absolute Gasteiger partial charge is 0.444 e. The number of amides is 1. The lowest BCUT2D eigenvalue weighted by atomic mass is 9.96. The first-order valence-corrected chi connectivity index (χ1v) is 7.80. The van der Waals surface area contributed by atoms with Crippen LogP contribution in [0.15, 0.2) is 18.2 Å². The van der Waals surface area contributed by atoms with Gasteiger partial charge in [-0.15, -0.1) is 0 Å². The summed E-state index contributed by atoms with van der Waals surface area (Å²) in [4.78, 5) is 13.8. The topological polar surface area (TPSA) is 70.0 Å². The number of hydrogen-bond acceptors (Lipinski definition) is 4. The molecule has 1 aromatic carbocycles. The average Bonchev–Trinajstić information content (AvgIpc) is 2.94. The lowest BCUT2D eigenvalue weighted by Crippen LogP contribution is -2.42. The Labute approximate surface area is 135 Å². The summed E-state index contributed by atoms with van der Waals surface area (Å²) in [6.45, 7) is 5.50. The number of carbonyl (C=O) groups is 1. The molecule has 1 aromatic rings. The molecule has 1 aliphatic rings. The molecule has 0 radical (unpaired) electrons. The third-order valence-corrected chi connectivity index (χ3v) is 3.89. The van der Waals surface area contributed by atoms with Gasteiger partial charge in [0.2, 0.25) is 0 Å². The van der Waals surface area contributed by atoms with E-state index >= 15 is 0 Å². The van der Waals surface area contributed by atoms with E-state index < -0.39 is 29.7 Å². The van der Waals surface area contributed by atoms with Gasteiger partial charge in [0, 0.05) is 6.54 Å². The molecule has 128 valence electrons. The number of rotatable bonds is 3. The first-order chi connectivity index (χ1) is 10.7. The molecule has 2 atom stereocenters. The molecule has 1 aliphatic heterocycles. The molecular weight excluding hydrogens is 301 g/mol. The lowest BCUT2D eigenvalue weighted by Gasteiger charge is -2.31. The van der Waals surface area contributed by atoms with Crippen molar-refractivity contribution in [2.24, 2.45) is 0 Å². The highest BCUT2D eigenvalue weighted by Gasteiger charge is 2.37. The fourth-order valence-corrected chi connectivity index (χ4v) is 2.88. The van der Waals surface area contributed by atoms with Crippen LogP contribution in [0, 0.1) is 5.82 Å². The van der Waals surface area contributed by atoms with Crippen molar-refractivity contribution in [2.75, 3.05) is 6.54 Å². The predicted molar refractivity (Wildman–Crippen MR) is 83.2 cm³/mol. The number of benzene rings is 1. The van der Waals surface area contributed by atoms with Gasteiger partial charge in [-0.2, -0.15) is 0 Å². The van der Waals surface area contributed by atoms with Gasteiger partial charge in [0.1, 0.15) is 11.4 Å². The number of aliphatic hydroxyl groups excluding tert-OH is 2. The fraction of sp³-hybridized carbons (Fsp3) is 0.588. The molecule has 6 heteroatoms. The monoisotopic (exact) mass is 325 g/mol. The van der Waals surface area contributed by atoms with E-state index in [-0.39, 0.29) is 6.61 Å². The van der Waals surface area contributed by atoms with Gasteiger partial charge >= 0.3 is 6.09 Å². The van der Waals surface area contributed by atoms with Gasteiger partial charge in [0.15, 0.2) is 0 Å². The molecule has 1 fully saturated rings. The Balaban J connectivity index is 2.21. The number of ether oxygens (including phenoxy) is 1. The molecule has 1 amide bonds. The minimum Gasteiger partial charge on any atom is -0.444 e. The molecule has 23 heavy (non-hydrogen) atoms. The highest BCUT2D eigenvalue weighted by atomic mass is 19.1. The van der Waals surface area contributed by atoms with E-state index in [9.17, 15) is 19.4 Å². The van der Waals surface area contributed by atoms with E-state index in [1.807, 2.05) is 0 Å². The first-order valence-electron chi connectivity index (χ1n) is 7.80. The second-order valence-electron chi connectivity index (χ2n) is 6.83. The molecule has 2 N–H and O–H groups in total. The Kier molecular flexibility index (Phi) is 5.26. The van der Waals surface area contributed by atoms with Crippen LogP contribution in [0.1, 0.15) is 50.8 Å². The van der Waals surface area contributed by atoms with Crippen molar-refractivity contribution in [3.8, 4) is 0 Å². The van der Waals surface area contributed by atoms with Crippen LogP contribution in [0.4, 0.5) is 9.18 Å². The van der Waals surface area contributed by atoms with E-state index in [1.54, 1.807) is 20.8 Å². The number of nitrogens with zero attached hydrogens (tertiary/aromatic N) is 1. The molecule has 0 saturated carbocycles. The second kappa shape index (κ2) is 6.84. The Bertz CT molecular complexity index is 570. The third kappa shape index (κ3) is 4.20. The zero-order valence-corrected chi connectivity index (χ0v) is 13.8. The normalized spacial score (nSPS) is 19.7. The van der Waals surface area contributed by atoms with Crippen LogP contribution < -0.4 is 0 Å². The van der Waals surface area contributed by atoms with E-state index in [0.29, 0.717) is 24.1 Å². The van der Waals surface area contributed by atoms with E-state index in [0.717, 1.165) is 6.42 Å². The minimum absolute atomic E-state index is 0.327. The van der Waals surface area contributed by atoms with Crippen molar-refractivity contribution in [3.63, 3.8) is 0 Å². The van der Waals surface area contributed by atoms with Crippen molar-refractivity contribution >= 4 is 6.09 Å². The summed E-state index contributed by atoms with van der Waals surface area (Å²) >= 11 is 0. The minimum atomic E-state index is -0.993. The lowest BCUT2D eigenvalue weighted by molar-refractivity contribution is 0.00461. The second-order valence-corrected chi connectivity index (χ2v) is 6.83. The SMILES string of the molecule is CC(C)(C)OC(=O)N1CCCC1[C@@H](O)c1ccc(F)cc1CO. The van der Waals surface area contributed by atoms with Gasteiger partial charge in [-0.25, -0.2) is 9.18 Å². The molecule has 0 aliphatic carbocycles. The Morgan fingerprint density at radius 3 is 2.78 bits per heavy atom. The molecular formula is C17H24FNO4. The van der Waals surface area contributed by atoms with Crippen molar-refractivity contribution in [2.45, 2.75) is 58.0 Å².